The Morgan fingerprint density at radius 1 is 1.57 bits per heavy atom. The standard InChI is InChI=1S/C13H19N3O4S/c1-8(11-15-10(7-21-11)12(18)19)14-13(20)16-5-3-2-4-9(16)6-17/h7-9,17H,2-6H2,1H3,(H,14,20)(H,18,19). The first kappa shape index (κ1) is 15.7. The van der Waals surface area contributed by atoms with Gasteiger partial charge in [0.05, 0.1) is 18.7 Å². The van der Waals surface area contributed by atoms with Gasteiger partial charge in [0.1, 0.15) is 5.01 Å². The van der Waals surface area contributed by atoms with Gasteiger partial charge >= 0.3 is 12.0 Å². The average molecular weight is 313 g/mol. The number of carboxylic acids is 1. The maximum atomic E-state index is 12.3. The van der Waals surface area contributed by atoms with E-state index in [1.807, 2.05) is 0 Å². The van der Waals surface area contributed by atoms with Crippen molar-refractivity contribution in [2.24, 2.45) is 0 Å². The SMILES string of the molecule is CC(NC(=O)N1CCCCC1CO)c1nc(C(=O)O)cs1. The molecule has 116 valence electrons. The Morgan fingerprint density at radius 3 is 2.95 bits per heavy atom. The molecule has 1 aliphatic rings. The first-order valence-corrected chi connectivity index (χ1v) is 7.77. The van der Waals surface area contributed by atoms with Gasteiger partial charge in [-0.2, -0.15) is 0 Å². The topological polar surface area (TPSA) is 103 Å². The molecule has 1 aromatic rings. The number of nitrogens with one attached hydrogen (secondary N) is 1. The lowest BCUT2D eigenvalue weighted by molar-refractivity contribution is 0.0691. The molecule has 3 N–H and O–H groups in total. The molecule has 2 amide bonds. The van der Waals surface area contributed by atoms with Crippen molar-refractivity contribution in [3.63, 3.8) is 0 Å². The number of aliphatic hydroxyl groups excluding tert-OH is 1. The minimum atomic E-state index is -1.08. The highest BCUT2D eigenvalue weighted by Crippen LogP contribution is 2.20. The summed E-state index contributed by atoms with van der Waals surface area (Å²) in [4.78, 5) is 28.7. The second kappa shape index (κ2) is 6.86. The highest BCUT2D eigenvalue weighted by molar-refractivity contribution is 7.09. The third-order valence-electron chi connectivity index (χ3n) is 3.55. The predicted molar refractivity (Wildman–Crippen MR) is 77.5 cm³/mol. The van der Waals surface area contributed by atoms with E-state index in [1.165, 1.54) is 16.7 Å². The van der Waals surface area contributed by atoms with Crippen LogP contribution in [-0.2, 0) is 0 Å². The van der Waals surface area contributed by atoms with Crippen molar-refractivity contribution in [2.45, 2.75) is 38.3 Å². The summed E-state index contributed by atoms with van der Waals surface area (Å²) in [6, 6.07) is -0.748. The van der Waals surface area contributed by atoms with E-state index >= 15 is 0 Å². The van der Waals surface area contributed by atoms with Gasteiger partial charge in [0.15, 0.2) is 5.69 Å². The second-order valence-corrected chi connectivity index (χ2v) is 5.96. The Balaban J connectivity index is 1.98. The maximum absolute atomic E-state index is 12.3. The Kier molecular flexibility index (Phi) is 5.13. The van der Waals surface area contributed by atoms with E-state index in [9.17, 15) is 14.7 Å². The van der Waals surface area contributed by atoms with E-state index in [4.69, 9.17) is 5.11 Å². The van der Waals surface area contributed by atoms with Gasteiger partial charge in [0.2, 0.25) is 0 Å². The first-order chi connectivity index (χ1) is 10.0. The molecular formula is C13H19N3O4S. The summed E-state index contributed by atoms with van der Waals surface area (Å²) in [6.07, 6.45) is 2.75. The lowest BCUT2D eigenvalue weighted by Gasteiger charge is -2.35. The van der Waals surface area contributed by atoms with Crippen LogP contribution in [0.3, 0.4) is 0 Å². The maximum Gasteiger partial charge on any atom is 0.355 e. The van der Waals surface area contributed by atoms with E-state index in [2.05, 4.69) is 10.3 Å². The molecule has 2 heterocycles. The number of hydrogen-bond acceptors (Lipinski definition) is 5. The van der Waals surface area contributed by atoms with E-state index in [0.717, 1.165) is 19.3 Å². The summed E-state index contributed by atoms with van der Waals surface area (Å²) < 4.78 is 0. The smallest absolute Gasteiger partial charge is 0.355 e. The Morgan fingerprint density at radius 2 is 2.33 bits per heavy atom. The summed E-state index contributed by atoms with van der Waals surface area (Å²) in [7, 11) is 0. The van der Waals surface area contributed by atoms with E-state index < -0.39 is 5.97 Å². The molecule has 2 atom stereocenters. The molecule has 1 aliphatic heterocycles. The highest BCUT2D eigenvalue weighted by Gasteiger charge is 2.27. The van der Waals surface area contributed by atoms with Crippen LogP contribution in [0, 0.1) is 0 Å². The normalized spacial score (nSPS) is 20.1. The number of carbonyl (C=O) groups is 2. The van der Waals surface area contributed by atoms with Crippen molar-refractivity contribution in [1.29, 1.82) is 0 Å². The second-order valence-electron chi connectivity index (χ2n) is 5.07. The molecule has 1 aromatic heterocycles. The Hall–Kier alpha value is -1.67. The molecule has 8 heteroatoms. The van der Waals surface area contributed by atoms with Crippen LogP contribution in [0.5, 0.6) is 0 Å². The number of aromatic carboxylic acids is 1. The number of hydrogen-bond donors (Lipinski definition) is 3. The average Bonchev–Trinajstić information content (AvgIpc) is 2.97. The summed E-state index contributed by atoms with van der Waals surface area (Å²) in [6.45, 7) is 2.35. The van der Waals surface area contributed by atoms with Crippen molar-refractivity contribution < 1.29 is 19.8 Å². The van der Waals surface area contributed by atoms with Gasteiger partial charge in [-0.25, -0.2) is 14.6 Å². The third-order valence-corrected chi connectivity index (χ3v) is 4.58. The number of piperidine rings is 1. The zero-order valence-electron chi connectivity index (χ0n) is 11.8. The fraction of sp³-hybridized carbons (Fsp3) is 0.615. The molecule has 0 aromatic carbocycles. The highest BCUT2D eigenvalue weighted by atomic mass is 32.1. The molecular weight excluding hydrogens is 294 g/mol. The van der Waals surface area contributed by atoms with Crippen LogP contribution in [0.25, 0.3) is 0 Å². The molecule has 0 spiro atoms. The van der Waals surface area contributed by atoms with Crippen LogP contribution in [0.4, 0.5) is 4.79 Å². The monoisotopic (exact) mass is 313 g/mol. The zero-order chi connectivity index (χ0) is 15.4. The number of nitrogens with zero attached hydrogens (tertiary/aromatic N) is 2. The first-order valence-electron chi connectivity index (χ1n) is 6.89. The van der Waals surface area contributed by atoms with Crippen molar-refractivity contribution in [3.8, 4) is 0 Å². The van der Waals surface area contributed by atoms with Gasteiger partial charge in [-0.15, -0.1) is 11.3 Å². The molecule has 0 aliphatic carbocycles. The van der Waals surface area contributed by atoms with Crippen molar-refractivity contribution in [3.05, 3.63) is 16.1 Å². The quantitative estimate of drug-likeness (QED) is 0.781. The number of aromatic nitrogens is 1. The van der Waals surface area contributed by atoms with E-state index in [0.29, 0.717) is 11.6 Å². The van der Waals surface area contributed by atoms with Gasteiger partial charge < -0.3 is 20.4 Å². The number of carboxylic acid groups (broad SMARTS) is 1. The van der Waals surface area contributed by atoms with Gasteiger partial charge in [0.25, 0.3) is 0 Å². The number of thiazole rings is 1. The fourth-order valence-electron chi connectivity index (χ4n) is 2.37. The van der Waals surface area contributed by atoms with Gasteiger partial charge in [-0.1, -0.05) is 0 Å². The predicted octanol–water partition coefficient (Wildman–Crippen LogP) is 1.46. The van der Waals surface area contributed by atoms with Crippen LogP contribution in [-0.4, -0.2) is 51.3 Å². The fourth-order valence-corrected chi connectivity index (χ4v) is 3.17. The minimum Gasteiger partial charge on any atom is -0.476 e. The van der Waals surface area contributed by atoms with Gasteiger partial charge in [0, 0.05) is 11.9 Å². The molecule has 2 rings (SSSR count). The molecule has 7 nitrogen and oxygen atoms in total. The number of likely N-dealkylation sites (tertiary alicyclic amines) is 1. The molecule has 2 unspecified atom stereocenters. The zero-order valence-corrected chi connectivity index (χ0v) is 12.6. The summed E-state index contributed by atoms with van der Waals surface area (Å²) in [5.74, 6) is -1.08. The number of aliphatic hydroxyl groups is 1. The van der Waals surface area contributed by atoms with E-state index in [1.54, 1.807) is 11.8 Å². The number of amides is 2. The number of urea groups is 1. The summed E-state index contributed by atoms with van der Waals surface area (Å²) >= 11 is 1.21. The molecule has 0 radical (unpaired) electrons. The van der Waals surface area contributed by atoms with Crippen molar-refractivity contribution in [1.82, 2.24) is 15.2 Å². The lowest BCUT2D eigenvalue weighted by Crippen LogP contribution is -2.50. The number of carbonyl (C=O) groups excluding carboxylic acids is 1. The van der Waals surface area contributed by atoms with Crippen LogP contribution in [0.2, 0.25) is 0 Å². The molecule has 0 bridgehead atoms. The van der Waals surface area contributed by atoms with Crippen LogP contribution in [0.15, 0.2) is 5.38 Å². The van der Waals surface area contributed by atoms with Gasteiger partial charge in [-0.05, 0) is 26.2 Å². The Bertz CT molecular complexity index is 519. The van der Waals surface area contributed by atoms with E-state index in [-0.39, 0.29) is 30.4 Å². The molecule has 0 saturated carbocycles. The van der Waals surface area contributed by atoms with Crippen LogP contribution in [0.1, 0.15) is 47.7 Å². The van der Waals surface area contributed by atoms with Crippen LogP contribution >= 0.6 is 11.3 Å². The molecule has 21 heavy (non-hydrogen) atoms. The van der Waals surface area contributed by atoms with Crippen LogP contribution < -0.4 is 5.32 Å². The summed E-state index contributed by atoms with van der Waals surface area (Å²) in [5, 5.41) is 23.0. The van der Waals surface area contributed by atoms with Crippen molar-refractivity contribution in [2.75, 3.05) is 13.2 Å². The lowest BCUT2D eigenvalue weighted by atomic mass is 10.0. The minimum absolute atomic E-state index is 0.0118. The molecule has 1 fully saturated rings. The number of rotatable bonds is 4. The Labute approximate surface area is 126 Å². The molecule has 1 saturated heterocycles. The summed E-state index contributed by atoms with van der Waals surface area (Å²) in [5.41, 5.74) is -0.0118. The largest absolute Gasteiger partial charge is 0.476 e. The third kappa shape index (κ3) is 3.70. The van der Waals surface area contributed by atoms with Gasteiger partial charge in [-0.3, -0.25) is 0 Å². The van der Waals surface area contributed by atoms with Crippen molar-refractivity contribution >= 4 is 23.3 Å².